The van der Waals surface area contributed by atoms with Gasteiger partial charge in [-0.15, -0.1) is 0 Å². The molecule has 2 bridgehead atoms. The first-order valence-electron chi connectivity index (χ1n) is 10.7. The number of nitrogens with zero attached hydrogens (tertiary/aromatic N) is 4. The maximum atomic E-state index is 14.8. The largest absolute Gasteiger partial charge is 0.394 e. The maximum absolute atomic E-state index is 14.8. The van der Waals surface area contributed by atoms with Crippen molar-refractivity contribution in [3.63, 3.8) is 0 Å². The van der Waals surface area contributed by atoms with Gasteiger partial charge in [-0.25, -0.2) is 23.5 Å². The molecule has 2 aliphatic heterocycles. The van der Waals surface area contributed by atoms with Crippen LogP contribution in [0.15, 0.2) is 30.5 Å². The summed E-state index contributed by atoms with van der Waals surface area (Å²) < 4.78 is 28.9. The lowest BCUT2D eigenvalue weighted by Crippen LogP contribution is -2.57. The zero-order chi connectivity index (χ0) is 23.1. The number of nitrogens with one attached hydrogen (secondary N) is 1. The minimum atomic E-state index is -0.954. The van der Waals surface area contributed by atoms with E-state index in [9.17, 15) is 18.7 Å². The number of thiazole rings is 1. The number of piperazine rings is 1. The van der Waals surface area contributed by atoms with Crippen molar-refractivity contribution >= 4 is 38.5 Å². The molecule has 8 nitrogen and oxygen atoms in total. The predicted octanol–water partition coefficient (Wildman–Crippen LogP) is 2.75. The topological polar surface area (TPSA) is 102 Å². The molecule has 174 valence electrons. The Kier molecular flexibility index (Phi) is 5.85. The quantitative estimate of drug-likeness (QED) is 0.525. The van der Waals surface area contributed by atoms with Gasteiger partial charge >= 0.3 is 6.03 Å². The lowest BCUT2D eigenvalue weighted by Gasteiger charge is -2.41. The molecule has 3 N–H and O–H groups in total. The van der Waals surface area contributed by atoms with Crippen LogP contribution >= 0.6 is 11.3 Å². The third-order valence-electron chi connectivity index (χ3n) is 6.14. The summed E-state index contributed by atoms with van der Waals surface area (Å²) in [7, 11) is 0. The third kappa shape index (κ3) is 4.35. The van der Waals surface area contributed by atoms with Crippen molar-refractivity contribution in [1.82, 2.24) is 14.9 Å². The number of aliphatic hydroxyl groups is 2. The van der Waals surface area contributed by atoms with Crippen LogP contribution in [0.2, 0.25) is 0 Å². The number of halogens is 2. The number of rotatable bonds is 5. The molecule has 0 aliphatic carbocycles. The highest BCUT2D eigenvalue weighted by molar-refractivity contribution is 7.22. The minimum absolute atomic E-state index is 0.0901. The molecular formula is C22H23F2N5O3S. The monoisotopic (exact) mass is 475 g/mol. The second-order valence-corrected chi connectivity index (χ2v) is 9.48. The van der Waals surface area contributed by atoms with Crippen molar-refractivity contribution < 1.29 is 23.8 Å². The first-order chi connectivity index (χ1) is 15.9. The van der Waals surface area contributed by atoms with Gasteiger partial charge in [-0.1, -0.05) is 11.3 Å². The van der Waals surface area contributed by atoms with Crippen molar-refractivity contribution in [2.75, 3.05) is 29.9 Å². The van der Waals surface area contributed by atoms with Crippen molar-refractivity contribution in [3.05, 3.63) is 47.7 Å². The smallest absolute Gasteiger partial charge is 0.324 e. The van der Waals surface area contributed by atoms with Gasteiger partial charge in [-0.2, -0.15) is 0 Å². The summed E-state index contributed by atoms with van der Waals surface area (Å²) in [5, 5.41) is 21.8. The number of fused-ring (bicyclic) bond motifs is 3. The Morgan fingerprint density at radius 2 is 2.00 bits per heavy atom. The average molecular weight is 476 g/mol. The summed E-state index contributed by atoms with van der Waals surface area (Å²) in [4.78, 5) is 25.3. The molecule has 2 fully saturated rings. The number of pyridine rings is 1. The molecule has 5 rings (SSSR count). The second-order valence-electron chi connectivity index (χ2n) is 8.45. The Labute approximate surface area is 192 Å². The standard InChI is InChI=1S/C22H23F2N5O3S/c23-13-1-4-18-19(7-13)33-21(26-18)27-22(32)29-14-2-3-15(29)10-28(9-14)20-17(24)6-12(8-25-20)5-16(31)11-30/h1,4,6-8,14-16,30-31H,2-3,5,9-11H2,(H,26,27,32)/t14?,15?,16-/m1/s1. The SMILES string of the molecule is O=C(Nc1nc2ccc(F)cc2s1)N1C2CCC1CN(c1ncc(C[C@@H](O)CO)cc1F)C2. The number of hydrogen-bond acceptors (Lipinski definition) is 7. The van der Waals surface area contributed by atoms with E-state index in [1.165, 1.54) is 35.7 Å². The van der Waals surface area contributed by atoms with Crippen LogP contribution in [0.4, 0.5) is 24.5 Å². The molecule has 2 amide bonds. The van der Waals surface area contributed by atoms with E-state index in [2.05, 4.69) is 15.3 Å². The molecule has 4 heterocycles. The molecule has 33 heavy (non-hydrogen) atoms. The van der Waals surface area contributed by atoms with Crippen LogP contribution in [0.3, 0.4) is 0 Å². The van der Waals surface area contributed by atoms with Crippen LogP contribution in [0.25, 0.3) is 10.2 Å². The summed E-state index contributed by atoms with van der Waals surface area (Å²) in [6, 6.07) is 5.20. The van der Waals surface area contributed by atoms with Gasteiger partial charge in [-0.3, -0.25) is 5.32 Å². The van der Waals surface area contributed by atoms with E-state index in [4.69, 9.17) is 5.11 Å². The van der Waals surface area contributed by atoms with E-state index in [1.807, 2.05) is 4.90 Å². The van der Waals surface area contributed by atoms with Gasteiger partial charge in [0, 0.05) is 25.7 Å². The van der Waals surface area contributed by atoms with E-state index in [0.717, 1.165) is 12.8 Å². The molecule has 2 saturated heterocycles. The molecule has 0 saturated carbocycles. The lowest BCUT2D eigenvalue weighted by atomic mass is 10.1. The first kappa shape index (κ1) is 21.9. The molecule has 3 aromatic rings. The highest BCUT2D eigenvalue weighted by Crippen LogP contribution is 2.34. The minimum Gasteiger partial charge on any atom is -0.394 e. The third-order valence-corrected chi connectivity index (χ3v) is 7.07. The van der Waals surface area contributed by atoms with Crippen molar-refractivity contribution in [2.24, 2.45) is 0 Å². The molecule has 3 atom stereocenters. The van der Waals surface area contributed by atoms with E-state index < -0.39 is 18.5 Å². The number of anilines is 2. The van der Waals surface area contributed by atoms with Gasteiger partial charge in [0.1, 0.15) is 5.82 Å². The van der Waals surface area contributed by atoms with E-state index in [1.54, 1.807) is 11.0 Å². The number of hydrogen-bond donors (Lipinski definition) is 3. The maximum Gasteiger partial charge on any atom is 0.324 e. The number of carbonyl (C=O) groups is 1. The van der Waals surface area contributed by atoms with Crippen molar-refractivity contribution in [1.29, 1.82) is 0 Å². The number of urea groups is 1. The van der Waals surface area contributed by atoms with Crippen molar-refractivity contribution in [3.8, 4) is 0 Å². The summed E-state index contributed by atoms with van der Waals surface area (Å²) in [5.41, 5.74) is 1.13. The highest BCUT2D eigenvalue weighted by Gasteiger charge is 2.43. The van der Waals surface area contributed by atoms with E-state index in [0.29, 0.717) is 34.0 Å². The number of benzene rings is 1. The molecule has 2 aliphatic rings. The number of aromatic nitrogens is 2. The number of aliphatic hydroxyl groups excluding tert-OH is 2. The molecule has 1 aromatic carbocycles. The van der Waals surface area contributed by atoms with Gasteiger partial charge in [0.15, 0.2) is 16.8 Å². The van der Waals surface area contributed by atoms with Crippen LogP contribution in [-0.2, 0) is 6.42 Å². The summed E-state index contributed by atoms with van der Waals surface area (Å²) >= 11 is 1.22. The highest BCUT2D eigenvalue weighted by atomic mass is 32.1. The van der Waals surface area contributed by atoms with Gasteiger partial charge < -0.3 is 20.0 Å². The van der Waals surface area contributed by atoms with E-state index in [-0.39, 0.29) is 36.2 Å². The average Bonchev–Trinajstić information content (AvgIpc) is 3.30. The van der Waals surface area contributed by atoms with Crippen molar-refractivity contribution in [2.45, 2.75) is 37.5 Å². The van der Waals surface area contributed by atoms with Gasteiger partial charge in [0.05, 0.1) is 35.0 Å². The molecule has 0 radical (unpaired) electrons. The van der Waals surface area contributed by atoms with Crippen LogP contribution < -0.4 is 10.2 Å². The first-order valence-corrected chi connectivity index (χ1v) is 11.6. The summed E-state index contributed by atoms with van der Waals surface area (Å²) in [5.74, 6) is -0.615. The van der Waals surface area contributed by atoms with Gasteiger partial charge in [0.25, 0.3) is 0 Å². The Bertz CT molecular complexity index is 1180. The van der Waals surface area contributed by atoms with Crippen LogP contribution in [0.1, 0.15) is 18.4 Å². The fourth-order valence-corrected chi connectivity index (χ4v) is 5.55. The Balaban J connectivity index is 1.27. The normalized spacial score (nSPS) is 21.0. The molecule has 11 heteroatoms. The molecule has 2 aromatic heterocycles. The zero-order valence-electron chi connectivity index (χ0n) is 17.6. The predicted molar refractivity (Wildman–Crippen MR) is 120 cm³/mol. The summed E-state index contributed by atoms with van der Waals surface area (Å²) in [6.45, 7) is 0.514. The lowest BCUT2D eigenvalue weighted by molar-refractivity contribution is 0.0954. The Morgan fingerprint density at radius 3 is 2.70 bits per heavy atom. The fourth-order valence-electron chi connectivity index (χ4n) is 4.67. The molecule has 0 spiro atoms. The molecule has 2 unspecified atom stereocenters. The fraction of sp³-hybridized carbons (Fsp3) is 0.409. The Hall–Kier alpha value is -2.89. The summed E-state index contributed by atoms with van der Waals surface area (Å²) in [6.07, 6.45) is 2.29. The number of amides is 2. The second kappa shape index (κ2) is 8.81. The zero-order valence-corrected chi connectivity index (χ0v) is 18.4. The Morgan fingerprint density at radius 1 is 1.24 bits per heavy atom. The van der Waals surface area contributed by atoms with Gasteiger partial charge in [-0.05, 0) is 42.7 Å². The van der Waals surface area contributed by atoms with Crippen LogP contribution in [0.5, 0.6) is 0 Å². The molecular weight excluding hydrogens is 452 g/mol. The number of carbonyl (C=O) groups excluding carboxylic acids is 1. The van der Waals surface area contributed by atoms with Crippen LogP contribution in [-0.4, -0.2) is 69.0 Å². The van der Waals surface area contributed by atoms with E-state index >= 15 is 0 Å². The van der Waals surface area contributed by atoms with Crippen LogP contribution in [0, 0.1) is 11.6 Å². The van der Waals surface area contributed by atoms with Gasteiger partial charge in [0.2, 0.25) is 0 Å².